The fraction of sp³-hybridized carbons (Fsp3) is 0.400. The van der Waals surface area contributed by atoms with E-state index < -0.39 is 0 Å². The van der Waals surface area contributed by atoms with Crippen molar-refractivity contribution in [3.8, 4) is 5.75 Å². The molecule has 1 aromatic carbocycles. The number of carbonyl (C=O) groups is 1. The quantitative estimate of drug-likeness (QED) is 0.686. The van der Waals surface area contributed by atoms with E-state index in [9.17, 15) is 4.79 Å². The number of nitrogens with zero attached hydrogens (tertiary/aromatic N) is 6. The summed E-state index contributed by atoms with van der Waals surface area (Å²) >= 11 is 0. The van der Waals surface area contributed by atoms with Crippen molar-refractivity contribution in [2.45, 2.75) is 19.8 Å². The zero-order valence-electron chi connectivity index (χ0n) is 16.2. The average Bonchev–Trinajstić information content (AvgIpc) is 2.93. The van der Waals surface area contributed by atoms with E-state index in [1.54, 1.807) is 11.6 Å². The molecule has 1 amide bonds. The maximum absolute atomic E-state index is 12.8. The van der Waals surface area contributed by atoms with Crippen molar-refractivity contribution in [2.75, 3.05) is 38.2 Å². The van der Waals surface area contributed by atoms with Gasteiger partial charge in [0.25, 0.3) is 0 Å². The summed E-state index contributed by atoms with van der Waals surface area (Å²) in [5, 5.41) is 12.8. The molecule has 146 valence electrons. The van der Waals surface area contributed by atoms with Crippen LogP contribution in [0.3, 0.4) is 0 Å². The number of aryl methyl sites for hydroxylation is 1. The van der Waals surface area contributed by atoms with Crippen LogP contribution < -0.4 is 9.64 Å². The summed E-state index contributed by atoms with van der Waals surface area (Å²) in [6, 6.07) is 11.6. The smallest absolute Gasteiger partial charge is 0.227 e. The third-order valence-electron chi connectivity index (χ3n) is 5.11. The molecule has 8 nitrogen and oxygen atoms in total. The minimum atomic E-state index is 0.129. The third kappa shape index (κ3) is 3.62. The molecule has 0 radical (unpaired) electrons. The Kier molecular flexibility index (Phi) is 5.10. The molecular formula is C20H24N6O2. The van der Waals surface area contributed by atoms with Gasteiger partial charge in [0.15, 0.2) is 11.5 Å². The monoisotopic (exact) mass is 380 g/mol. The van der Waals surface area contributed by atoms with Crippen LogP contribution in [0.25, 0.3) is 5.65 Å². The first kappa shape index (κ1) is 18.2. The van der Waals surface area contributed by atoms with Gasteiger partial charge < -0.3 is 14.5 Å². The Labute approximate surface area is 163 Å². The lowest BCUT2D eigenvalue weighted by Gasteiger charge is -2.23. The molecule has 0 N–H and O–H groups in total. The van der Waals surface area contributed by atoms with Crippen LogP contribution >= 0.6 is 0 Å². The molecule has 0 aliphatic carbocycles. The van der Waals surface area contributed by atoms with E-state index in [2.05, 4.69) is 20.2 Å². The number of ether oxygens (including phenoxy) is 1. The summed E-state index contributed by atoms with van der Waals surface area (Å²) in [5.74, 6) is 2.54. The van der Waals surface area contributed by atoms with Gasteiger partial charge >= 0.3 is 0 Å². The Morgan fingerprint density at radius 2 is 1.93 bits per heavy atom. The number of hydrogen-bond donors (Lipinski definition) is 0. The van der Waals surface area contributed by atoms with Crippen LogP contribution in [0.4, 0.5) is 5.82 Å². The molecule has 8 heteroatoms. The zero-order chi connectivity index (χ0) is 19.5. The first-order chi connectivity index (χ1) is 13.7. The van der Waals surface area contributed by atoms with Crippen LogP contribution in [0.1, 0.15) is 17.8 Å². The third-order valence-corrected chi connectivity index (χ3v) is 5.11. The van der Waals surface area contributed by atoms with E-state index in [1.807, 2.05) is 48.2 Å². The Bertz CT molecular complexity index is 986. The summed E-state index contributed by atoms with van der Waals surface area (Å²) in [7, 11) is 1.63. The minimum absolute atomic E-state index is 0.129. The predicted molar refractivity (Wildman–Crippen MR) is 106 cm³/mol. The second-order valence-corrected chi connectivity index (χ2v) is 6.92. The molecular weight excluding hydrogens is 356 g/mol. The highest BCUT2D eigenvalue weighted by atomic mass is 16.5. The van der Waals surface area contributed by atoms with Gasteiger partial charge in [-0.25, -0.2) is 0 Å². The van der Waals surface area contributed by atoms with Crippen molar-refractivity contribution < 1.29 is 9.53 Å². The molecule has 28 heavy (non-hydrogen) atoms. The maximum Gasteiger partial charge on any atom is 0.227 e. The van der Waals surface area contributed by atoms with Crippen LogP contribution in [0, 0.1) is 6.92 Å². The van der Waals surface area contributed by atoms with Gasteiger partial charge in [0.05, 0.1) is 13.5 Å². The Balaban J connectivity index is 1.44. The number of para-hydroxylation sites is 1. The standard InChI is InChI=1S/C20H24N6O2/c1-15-21-22-18-8-9-19(23-26(15)18)24-10-5-11-25(13-12-24)20(27)14-16-6-3-4-7-17(16)28-2/h3-4,6-9H,5,10-14H2,1-2H3. The van der Waals surface area contributed by atoms with Crippen molar-refractivity contribution >= 4 is 17.4 Å². The number of methoxy groups -OCH3 is 1. The molecule has 0 spiro atoms. The Morgan fingerprint density at radius 1 is 1.07 bits per heavy atom. The predicted octanol–water partition coefficient (Wildman–Crippen LogP) is 1.72. The number of fused-ring (bicyclic) bond motifs is 1. The molecule has 2 aromatic heterocycles. The molecule has 1 saturated heterocycles. The van der Waals surface area contributed by atoms with E-state index in [1.165, 1.54) is 0 Å². The summed E-state index contributed by atoms with van der Waals surface area (Å²) in [4.78, 5) is 17.0. The van der Waals surface area contributed by atoms with Gasteiger partial charge in [0.2, 0.25) is 5.91 Å². The highest BCUT2D eigenvalue weighted by molar-refractivity contribution is 5.79. The number of amides is 1. The van der Waals surface area contributed by atoms with Gasteiger partial charge in [-0.3, -0.25) is 4.79 Å². The summed E-state index contributed by atoms with van der Waals surface area (Å²) < 4.78 is 7.13. The van der Waals surface area contributed by atoms with Gasteiger partial charge in [0.1, 0.15) is 11.6 Å². The summed E-state index contributed by atoms with van der Waals surface area (Å²) in [6.45, 7) is 4.92. The van der Waals surface area contributed by atoms with E-state index in [4.69, 9.17) is 4.74 Å². The van der Waals surface area contributed by atoms with E-state index in [0.29, 0.717) is 13.0 Å². The molecule has 3 aromatic rings. The van der Waals surface area contributed by atoms with Crippen molar-refractivity contribution in [3.05, 3.63) is 47.8 Å². The fourth-order valence-corrected chi connectivity index (χ4v) is 3.57. The fourth-order valence-electron chi connectivity index (χ4n) is 3.57. The summed E-state index contributed by atoms with van der Waals surface area (Å²) in [6.07, 6.45) is 1.26. The highest BCUT2D eigenvalue weighted by Crippen LogP contribution is 2.20. The topological polar surface area (TPSA) is 75.9 Å². The molecule has 3 heterocycles. The number of aromatic nitrogens is 4. The minimum Gasteiger partial charge on any atom is -0.496 e. The molecule has 0 atom stereocenters. The Hall–Kier alpha value is -3.16. The number of rotatable bonds is 4. The molecule has 0 unspecified atom stereocenters. The van der Waals surface area contributed by atoms with Gasteiger partial charge in [-0.2, -0.15) is 4.52 Å². The van der Waals surface area contributed by atoms with Crippen LogP contribution in [-0.4, -0.2) is 63.9 Å². The van der Waals surface area contributed by atoms with Crippen molar-refractivity contribution in [2.24, 2.45) is 0 Å². The molecule has 1 aliphatic heterocycles. The second-order valence-electron chi connectivity index (χ2n) is 6.92. The lowest BCUT2D eigenvalue weighted by Crippen LogP contribution is -2.36. The van der Waals surface area contributed by atoms with Crippen LogP contribution in [0.2, 0.25) is 0 Å². The van der Waals surface area contributed by atoms with Gasteiger partial charge in [-0.15, -0.1) is 15.3 Å². The number of hydrogen-bond acceptors (Lipinski definition) is 6. The number of carbonyl (C=O) groups excluding carboxylic acids is 1. The van der Waals surface area contributed by atoms with Crippen molar-refractivity contribution in [3.63, 3.8) is 0 Å². The number of benzene rings is 1. The average molecular weight is 380 g/mol. The van der Waals surface area contributed by atoms with E-state index >= 15 is 0 Å². The van der Waals surface area contributed by atoms with Crippen molar-refractivity contribution in [1.82, 2.24) is 24.7 Å². The molecule has 0 bridgehead atoms. The van der Waals surface area contributed by atoms with Crippen LogP contribution in [-0.2, 0) is 11.2 Å². The van der Waals surface area contributed by atoms with E-state index in [-0.39, 0.29) is 5.91 Å². The SMILES string of the molecule is COc1ccccc1CC(=O)N1CCCN(c2ccc3nnc(C)n3n2)CC1. The normalized spacial score (nSPS) is 14.9. The van der Waals surface area contributed by atoms with E-state index in [0.717, 1.165) is 54.7 Å². The number of anilines is 1. The largest absolute Gasteiger partial charge is 0.496 e. The molecule has 0 saturated carbocycles. The maximum atomic E-state index is 12.8. The van der Waals surface area contributed by atoms with Crippen LogP contribution in [0.15, 0.2) is 36.4 Å². The van der Waals surface area contributed by atoms with Gasteiger partial charge in [-0.05, 0) is 31.5 Å². The molecule has 1 aliphatic rings. The second kappa shape index (κ2) is 7.84. The van der Waals surface area contributed by atoms with Gasteiger partial charge in [0, 0.05) is 31.7 Å². The summed E-state index contributed by atoms with van der Waals surface area (Å²) in [5.41, 5.74) is 1.66. The highest BCUT2D eigenvalue weighted by Gasteiger charge is 2.21. The van der Waals surface area contributed by atoms with Crippen molar-refractivity contribution in [1.29, 1.82) is 0 Å². The Morgan fingerprint density at radius 3 is 2.79 bits per heavy atom. The van der Waals surface area contributed by atoms with Crippen LogP contribution in [0.5, 0.6) is 5.75 Å². The molecule has 4 rings (SSSR count). The molecule has 1 fully saturated rings. The lowest BCUT2D eigenvalue weighted by atomic mass is 10.1. The first-order valence-corrected chi connectivity index (χ1v) is 9.49. The first-order valence-electron chi connectivity index (χ1n) is 9.49. The lowest BCUT2D eigenvalue weighted by molar-refractivity contribution is -0.130. The van der Waals surface area contributed by atoms with Gasteiger partial charge in [-0.1, -0.05) is 18.2 Å². The zero-order valence-corrected chi connectivity index (χ0v) is 16.2.